The van der Waals surface area contributed by atoms with Crippen LogP contribution in [0, 0.1) is 6.92 Å². The summed E-state index contributed by atoms with van der Waals surface area (Å²) >= 11 is 1.44. The SMILES string of the molecule is Cc1nn(C)c2sc(C(=O)N(C)C3CC3)c(N)c12. The summed E-state index contributed by atoms with van der Waals surface area (Å²) in [7, 11) is 3.74. The summed E-state index contributed by atoms with van der Waals surface area (Å²) in [6, 6.07) is 0.404. The van der Waals surface area contributed by atoms with E-state index >= 15 is 0 Å². The second-order valence-corrected chi connectivity index (χ2v) is 5.88. The predicted molar refractivity (Wildman–Crippen MR) is 72.9 cm³/mol. The number of nitrogens with two attached hydrogens (primary N) is 1. The first-order valence-corrected chi connectivity index (χ1v) is 6.81. The van der Waals surface area contributed by atoms with Gasteiger partial charge in [0, 0.05) is 20.1 Å². The van der Waals surface area contributed by atoms with Crippen molar-refractivity contribution in [2.75, 3.05) is 12.8 Å². The van der Waals surface area contributed by atoms with Crippen LogP contribution in [-0.2, 0) is 7.05 Å². The molecule has 2 N–H and O–H groups in total. The molecule has 0 aromatic carbocycles. The molecule has 1 fully saturated rings. The third-order valence-corrected chi connectivity index (χ3v) is 4.75. The van der Waals surface area contributed by atoms with Gasteiger partial charge in [-0.2, -0.15) is 5.10 Å². The van der Waals surface area contributed by atoms with Crippen LogP contribution in [0.2, 0.25) is 0 Å². The van der Waals surface area contributed by atoms with Gasteiger partial charge in [0.05, 0.1) is 16.8 Å². The zero-order chi connectivity index (χ0) is 13.0. The van der Waals surface area contributed by atoms with Crippen molar-refractivity contribution in [3.63, 3.8) is 0 Å². The lowest BCUT2D eigenvalue weighted by Crippen LogP contribution is -2.28. The fourth-order valence-electron chi connectivity index (χ4n) is 2.28. The molecule has 5 nitrogen and oxygen atoms in total. The van der Waals surface area contributed by atoms with Crippen molar-refractivity contribution in [3.8, 4) is 0 Å². The molecule has 2 aromatic heterocycles. The molecule has 3 rings (SSSR count). The van der Waals surface area contributed by atoms with E-state index in [0.717, 1.165) is 28.8 Å². The van der Waals surface area contributed by atoms with Crippen LogP contribution >= 0.6 is 11.3 Å². The first kappa shape index (κ1) is 11.5. The molecule has 0 spiro atoms. The first-order valence-electron chi connectivity index (χ1n) is 5.99. The van der Waals surface area contributed by atoms with Gasteiger partial charge >= 0.3 is 0 Å². The molecule has 6 heteroatoms. The Morgan fingerprint density at radius 1 is 1.56 bits per heavy atom. The normalized spacial score (nSPS) is 15.3. The van der Waals surface area contributed by atoms with Crippen LogP contribution in [0.5, 0.6) is 0 Å². The molecule has 0 saturated heterocycles. The number of fused-ring (bicyclic) bond motifs is 1. The fourth-order valence-corrected chi connectivity index (χ4v) is 3.45. The van der Waals surface area contributed by atoms with Gasteiger partial charge in [0.25, 0.3) is 5.91 Å². The molecule has 0 bridgehead atoms. The van der Waals surface area contributed by atoms with Crippen LogP contribution in [0.3, 0.4) is 0 Å². The lowest BCUT2D eigenvalue weighted by Gasteiger charge is -2.15. The van der Waals surface area contributed by atoms with Gasteiger partial charge in [-0.1, -0.05) is 0 Å². The summed E-state index contributed by atoms with van der Waals surface area (Å²) < 4.78 is 1.79. The summed E-state index contributed by atoms with van der Waals surface area (Å²) in [6.45, 7) is 1.92. The molecule has 0 radical (unpaired) electrons. The third kappa shape index (κ3) is 1.52. The Kier molecular flexibility index (Phi) is 2.38. The molecule has 2 heterocycles. The highest BCUT2D eigenvalue weighted by molar-refractivity contribution is 7.21. The monoisotopic (exact) mass is 264 g/mol. The zero-order valence-electron chi connectivity index (χ0n) is 10.7. The van der Waals surface area contributed by atoms with E-state index in [-0.39, 0.29) is 5.91 Å². The minimum Gasteiger partial charge on any atom is -0.397 e. The lowest BCUT2D eigenvalue weighted by molar-refractivity contribution is 0.0791. The number of hydrogen-bond acceptors (Lipinski definition) is 4. The fraction of sp³-hybridized carbons (Fsp3) is 0.500. The Hall–Kier alpha value is -1.56. The number of anilines is 1. The highest BCUT2D eigenvalue weighted by Gasteiger charge is 2.32. The molecular weight excluding hydrogens is 248 g/mol. The number of amides is 1. The number of carbonyl (C=O) groups excluding carboxylic acids is 1. The topological polar surface area (TPSA) is 64.2 Å². The van der Waals surface area contributed by atoms with E-state index in [4.69, 9.17) is 5.73 Å². The molecule has 0 unspecified atom stereocenters. The van der Waals surface area contributed by atoms with Gasteiger partial charge in [0.15, 0.2) is 0 Å². The maximum absolute atomic E-state index is 12.4. The van der Waals surface area contributed by atoms with Crippen LogP contribution in [0.1, 0.15) is 28.2 Å². The molecule has 0 aliphatic heterocycles. The van der Waals surface area contributed by atoms with Crippen molar-refractivity contribution >= 4 is 33.1 Å². The average Bonchev–Trinajstić information content (AvgIpc) is 3.05. The maximum Gasteiger partial charge on any atom is 0.266 e. The van der Waals surface area contributed by atoms with E-state index in [9.17, 15) is 4.79 Å². The van der Waals surface area contributed by atoms with Gasteiger partial charge in [0.2, 0.25) is 0 Å². The predicted octanol–water partition coefficient (Wildman–Crippen LogP) is 1.76. The van der Waals surface area contributed by atoms with Crippen molar-refractivity contribution in [1.29, 1.82) is 0 Å². The molecule has 0 atom stereocenters. The highest BCUT2D eigenvalue weighted by atomic mass is 32.1. The number of hydrogen-bond donors (Lipinski definition) is 1. The molecule has 2 aromatic rings. The van der Waals surface area contributed by atoms with Gasteiger partial charge in [-0.25, -0.2) is 0 Å². The van der Waals surface area contributed by atoms with Crippen LogP contribution in [0.15, 0.2) is 0 Å². The number of rotatable bonds is 2. The largest absolute Gasteiger partial charge is 0.397 e. The van der Waals surface area contributed by atoms with E-state index < -0.39 is 0 Å². The number of aromatic nitrogens is 2. The van der Waals surface area contributed by atoms with E-state index in [1.165, 1.54) is 11.3 Å². The van der Waals surface area contributed by atoms with E-state index in [2.05, 4.69) is 5.10 Å². The van der Waals surface area contributed by atoms with Crippen LogP contribution in [0.4, 0.5) is 5.69 Å². The third-order valence-electron chi connectivity index (χ3n) is 3.49. The smallest absolute Gasteiger partial charge is 0.266 e. The Morgan fingerprint density at radius 2 is 2.22 bits per heavy atom. The van der Waals surface area contributed by atoms with Crippen molar-refractivity contribution in [2.24, 2.45) is 7.05 Å². The first-order chi connectivity index (χ1) is 8.50. The zero-order valence-corrected chi connectivity index (χ0v) is 11.5. The van der Waals surface area contributed by atoms with Gasteiger partial charge < -0.3 is 10.6 Å². The second kappa shape index (κ2) is 3.71. The number of carbonyl (C=O) groups is 1. The highest BCUT2D eigenvalue weighted by Crippen LogP contribution is 2.37. The van der Waals surface area contributed by atoms with Gasteiger partial charge in [0.1, 0.15) is 9.71 Å². The molecule has 18 heavy (non-hydrogen) atoms. The Balaban J connectivity index is 2.09. The summed E-state index contributed by atoms with van der Waals surface area (Å²) in [5.41, 5.74) is 7.59. The lowest BCUT2D eigenvalue weighted by atomic mass is 10.2. The van der Waals surface area contributed by atoms with E-state index in [1.54, 1.807) is 4.68 Å². The molecule has 1 saturated carbocycles. The minimum atomic E-state index is 0.0376. The summed E-state index contributed by atoms with van der Waals surface area (Å²) in [5.74, 6) is 0.0376. The van der Waals surface area contributed by atoms with Crippen molar-refractivity contribution in [3.05, 3.63) is 10.6 Å². The Bertz CT molecular complexity index is 638. The maximum atomic E-state index is 12.4. The molecule has 96 valence electrons. The van der Waals surface area contributed by atoms with Crippen molar-refractivity contribution in [1.82, 2.24) is 14.7 Å². The number of aryl methyl sites for hydroxylation is 2. The molecule has 1 aliphatic carbocycles. The Morgan fingerprint density at radius 3 is 2.78 bits per heavy atom. The van der Waals surface area contributed by atoms with Crippen molar-refractivity contribution < 1.29 is 4.79 Å². The van der Waals surface area contributed by atoms with Crippen LogP contribution < -0.4 is 5.73 Å². The molecule has 1 aliphatic rings. The van der Waals surface area contributed by atoms with Gasteiger partial charge in [-0.05, 0) is 19.8 Å². The quantitative estimate of drug-likeness (QED) is 0.899. The Labute approximate surface area is 109 Å². The summed E-state index contributed by atoms with van der Waals surface area (Å²) in [5, 5.41) is 5.25. The van der Waals surface area contributed by atoms with E-state index in [0.29, 0.717) is 16.6 Å². The van der Waals surface area contributed by atoms with Gasteiger partial charge in [-0.15, -0.1) is 11.3 Å². The van der Waals surface area contributed by atoms with Gasteiger partial charge in [-0.3, -0.25) is 9.48 Å². The molecule has 1 amide bonds. The number of nitrogen functional groups attached to an aromatic ring is 1. The molecular formula is C12H16N4OS. The van der Waals surface area contributed by atoms with Crippen LogP contribution in [-0.4, -0.2) is 33.7 Å². The average molecular weight is 264 g/mol. The van der Waals surface area contributed by atoms with E-state index in [1.807, 2.05) is 25.9 Å². The number of nitrogens with zero attached hydrogens (tertiary/aromatic N) is 3. The summed E-state index contributed by atoms with van der Waals surface area (Å²) in [4.78, 5) is 15.8. The standard InChI is InChI=1S/C12H16N4OS/c1-6-8-9(13)10(18-12(8)16(3)14-6)11(17)15(2)7-4-5-7/h7H,4-5,13H2,1-3H3. The second-order valence-electron chi connectivity index (χ2n) is 4.88. The minimum absolute atomic E-state index is 0.0376. The van der Waals surface area contributed by atoms with Crippen molar-refractivity contribution in [2.45, 2.75) is 25.8 Å². The number of thiophene rings is 1. The summed E-state index contributed by atoms with van der Waals surface area (Å²) in [6.07, 6.45) is 2.21. The van der Waals surface area contributed by atoms with Crippen LogP contribution in [0.25, 0.3) is 10.2 Å².